The monoisotopic (exact) mass is 274 g/mol. The van der Waals surface area contributed by atoms with Gasteiger partial charge in [0, 0.05) is 13.1 Å². The summed E-state index contributed by atoms with van der Waals surface area (Å²) < 4.78 is 0.663. The smallest absolute Gasteiger partial charge is 0.189 e. The summed E-state index contributed by atoms with van der Waals surface area (Å²) >= 11 is 7.18. The van der Waals surface area contributed by atoms with E-state index in [4.69, 9.17) is 11.6 Å². The molecule has 0 aromatic carbocycles. The summed E-state index contributed by atoms with van der Waals surface area (Å²) in [6.45, 7) is 3.75. The number of likely N-dealkylation sites (N-methyl/N-ethyl adjacent to an activating group) is 2. The lowest BCUT2D eigenvalue weighted by molar-refractivity contribution is 0.0866. The van der Waals surface area contributed by atoms with Crippen molar-refractivity contribution in [2.24, 2.45) is 0 Å². The minimum atomic E-state index is -0.107. The Labute approximate surface area is 112 Å². The van der Waals surface area contributed by atoms with E-state index in [2.05, 4.69) is 9.80 Å². The van der Waals surface area contributed by atoms with Gasteiger partial charge in [-0.3, -0.25) is 9.69 Å². The van der Waals surface area contributed by atoms with Crippen molar-refractivity contribution in [2.45, 2.75) is 13.0 Å². The standard InChI is InChI=1S/C12H19ClN2OS/c1-9(15(4)8-7-14(2)3)12(16)10-5-6-11(13)17-10/h5-6,9H,7-8H2,1-4H3. The highest BCUT2D eigenvalue weighted by Gasteiger charge is 2.20. The lowest BCUT2D eigenvalue weighted by Gasteiger charge is -2.24. The Balaban J connectivity index is 2.57. The fourth-order valence-corrected chi connectivity index (χ4v) is 2.47. The van der Waals surface area contributed by atoms with Crippen LogP contribution in [-0.4, -0.2) is 55.9 Å². The fraction of sp³-hybridized carbons (Fsp3) is 0.583. The van der Waals surface area contributed by atoms with Crippen molar-refractivity contribution in [3.63, 3.8) is 0 Å². The lowest BCUT2D eigenvalue weighted by Crippen LogP contribution is -2.39. The molecular formula is C12H19ClN2OS. The summed E-state index contributed by atoms with van der Waals surface area (Å²) in [6, 6.07) is 3.46. The Morgan fingerprint density at radius 1 is 1.35 bits per heavy atom. The van der Waals surface area contributed by atoms with Gasteiger partial charge in [0.15, 0.2) is 5.78 Å². The van der Waals surface area contributed by atoms with Gasteiger partial charge in [-0.05, 0) is 40.2 Å². The predicted molar refractivity (Wildman–Crippen MR) is 74.3 cm³/mol. The third-order valence-corrected chi connectivity index (χ3v) is 4.00. The van der Waals surface area contributed by atoms with Gasteiger partial charge < -0.3 is 4.90 Å². The Morgan fingerprint density at radius 2 is 2.00 bits per heavy atom. The maximum atomic E-state index is 12.1. The number of nitrogens with zero attached hydrogens (tertiary/aromatic N) is 2. The van der Waals surface area contributed by atoms with E-state index in [0.29, 0.717) is 4.34 Å². The van der Waals surface area contributed by atoms with Gasteiger partial charge in [0.1, 0.15) is 0 Å². The van der Waals surface area contributed by atoms with Crippen LogP contribution >= 0.6 is 22.9 Å². The van der Waals surface area contributed by atoms with Gasteiger partial charge in [0.05, 0.1) is 15.3 Å². The van der Waals surface area contributed by atoms with Gasteiger partial charge in [0.2, 0.25) is 0 Å². The topological polar surface area (TPSA) is 23.6 Å². The Kier molecular flexibility index (Phi) is 5.59. The third-order valence-electron chi connectivity index (χ3n) is 2.76. The zero-order valence-corrected chi connectivity index (χ0v) is 12.3. The first-order valence-electron chi connectivity index (χ1n) is 5.56. The van der Waals surface area contributed by atoms with Gasteiger partial charge in [-0.1, -0.05) is 11.6 Å². The van der Waals surface area contributed by atoms with Crippen LogP contribution < -0.4 is 0 Å². The van der Waals surface area contributed by atoms with Gasteiger partial charge in [-0.15, -0.1) is 11.3 Å². The molecule has 0 bridgehead atoms. The molecule has 3 nitrogen and oxygen atoms in total. The van der Waals surface area contributed by atoms with Crippen molar-refractivity contribution >= 4 is 28.7 Å². The van der Waals surface area contributed by atoms with E-state index >= 15 is 0 Å². The first kappa shape index (κ1) is 14.6. The molecule has 1 rings (SSSR count). The third kappa shape index (κ3) is 4.39. The summed E-state index contributed by atoms with van der Waals surface area (Å²) in [5.74, 6) is 0.142. The van der Waals surface area contributed by atoms with Crippen LogP contribution in [0.5, 0.6) is 0 Å². The molecule has 0 saturated carbocycles. The minimum absolute atomic E-state index is 0.107. The van der Waals surface area contributed by atoms with E-state index < -0.39 is 0 Å². The van der Waals surface area contributed by atoms with Gasteiger partial charge in [0.25, 0.3) is 0 Å². The molecular weight excluding hydrogens is 256 g/mol. The molecule has 1 heterocycles. The molecule has 1 aromatic heterocycles. The van der Waals surface area contributed by atoms with Crippen LogP contribution in [0, 0.1) is 0 Å². The zero-order valence-electron chi connectivity index (χ0n) is 10.7. The van der Waals surface area contributed by atoms with Crippen molar-refractivity contribution in [2.75, 3.05) is 34.2 Å². The van der Waals surface area contributed by atoms with E-state index in [9.17, 15) is 4.79 Å². The minimum Gasteiger partial charge on any atom is -0.308 e. The number of carbonyl (C=O) groups excluding carboxylic acids is 1. The molecule has 1 unspecified atom stereocenters. The molecule has 0 radical (unpaired) electrons. The van der Waals surface area contributed by atoms with E-state index in [1.807, 2.05) is 28.1 Å². The van der Waals surface area contributed by atoms with Gasteiger partial charge in [-0.2, -0.15) is 0 Å². The van der Waals surface area contributed by atoms with E-state index in [0.717, 1.165) is 18.0 Å². The van der Waals surface area contributed by atoms with Crippen molar-refractivity contribution in [3.05, 3.63) is 21.3 Å². The van der Waals surface area contributed by atoms with Crippen LogP contribution in [0.3, 0.4) is 0 Å². The van der Waals surface area contributed by atoms with Crippen LogP contribution in [0.15, 0.2) is 12.1 Å². The van der Waals surface area contributed by atoms with Crippen LogP contribution in [0.25, 0.3) is 0 Å². The highest BCUT2D eigenvalue weighted by atomic mass is 35.5. The van der Waals surface area contributed by atoms with Gasteiger partial charge >= 0.3 is 0 Å². The first-order chi connectivity index (χ1) is 7.91. The average molecular weight is 275 g/mol. The molecule has 96 valence electrons. The Morgan fingerprint density at radius 3 is 2.47 bits per heavy atom. The molecule has 0 N–H and O–H groups in total. The average Bonchev–Trinajstić information content (AvgIpc) is 2.70. The number of carbonyl (C=O) groups is 1. The summed E-state index contributed by atoms with van der Waals surface area (Å²) in [7, 11) is 6.03. The summed E-state index contributed by atoms with van der Waals surface area (Å²) in [4.78, 5) is 17.0. The molecule has 0 spiro atoms. The Hall–Kier alpha value is -0.420. The summed E-state index contributed by atoms with van der Waals surface area (Å²) in [5.41, 5.74) is 0. The first-order valence-corrected chi connectivity index (χ1v) is 6.75. The van der Waals surface area contributed by atoms with Crippen LogP contribution in [0.4, 0.5) is 0 Å². The molecule has 1 atom stereocenters. The number of thiophene rings is 1. The molecule has 0 aliphatic heterocycles. The fourth-order valence-electron chi connectivity index (χ4n) is 1.40. The SMILES string of the molecule is CC(C(=O)c1ccc(Cl)s1)N(C)CCN(C)C. The van der Waals surface area contributed by atoms with Crippen LogP contribution in [-0.2, 0) is 0 Å². The highest BCUT2D eigenvalue weighted by molar-refractivity contribution is 7.18. The molecule has 1 aromatic rings. The second-order valence-corrected chi connectivity index (χ2v) is 6.14. The second kappa shape index (κ2) is 6.50. The maximum Gasteiger partial charge on any atom is 0.189 e. The Bertz CT molecular complexity index is 378. The van der Waals surface area contributed by atoms with Crippen molar-refractivity contribution in [1.29, 1.82) is 0 Å². The quantitative estimate of drug-likeness (QED) is 0.745. The molecule has 0 saturated heterocycles. The maximum absolute atomic E-state index is 12.1. The zero-order chi connectivity index (χ0) is 13.0. The highest BCUT2D eigenvalue weighted by Crippen LogP contribution is 2.23. The molecule has 5 heteroatoms. The largest absolute Gasteiger partial charge is 0.308 e. The van der Waals surface area contributed by atoms with Crippen LogP contribution in [0.2, 0.25) is 4.34 Å². The molecule has 0 aliphatic rings. The molecule has 0 amide bonds. The predicted octanol–water partition coefficient (Wildman–Crippen LogP) is 2.47. The summed E-state index contributed by atoms with van der Waals surface area (Å²) in [5, 5.41) is 0. The van der Waals surface area contributed by atoms with E-state index in [-0.39, 0.29) is 11.8 Å². The van der Waals surface area contributed by atoms with E-state index in [1.165, 1.54) is 11.3 Å². The number of rotatable bonds is 6. The van der Waals surface area contributed by atoms with E-state index in [1.54, 1.807) is 12.1 Å². The van der Waals surface area contributed by atoms with Crippen molar-refractivity contribution in [3.8, 4) is 0 Å². The molecule has 17 heavy (non-hydrogen) atoms. The number of halogens is 1. The molecule has 0 aliphatic carbocycles. The lowest BCUT2D eigenvalue weighted by atomic mass is 10.1. The van der Waals surface area contributed by atoms with Crippen molar-refractivity contribution in [1.82, 2.24) is 9.80 Å². The van der Waals surface area contributed by atoms with Crippen LogP contribution in [0.1, 0.15) is 16.6 Å². The number of ketones is 1. The second-order valence-electron chi connectivity index (χ2n) is 4.43. The number of hydrogen-bond acceptors (Lipinski definition) is 4. The number of Topliss-reactive ketones (excluding diaryl/α,β-unsaturated/α-hetero) is 1. The number of hydrogen-bond donors (Lipinski definition) is 0. The normalized spacial score (nSPS) is 13.4. The van der Waals surface area contributed by atoms with Crippen molar-refractivity contribution < 1.29 is 4.79 Å². The summed E-state index contributed by atoms with van der Waals surface area (Å²) in [6.07, 6.45) is 0. The molecule has 0 fully saturated rings. The van der Waals surface area contributed by atoms with Gasteiger partial charge in [-0.25, -0.2) is 0 Å².